The Kier molecular flexibility index (Phi) is 4.18. The molecule has 1 aliphatic heterocycles. The second kappa shape index (κ2) is 6.43. The van der Waals surface area contributed by atoms with Crippen LogP contribution in [0.1, 0.15) is 18.5 Å². The molecule has 5 heteroatoms. The molecular weight excluding hydrogens is 250 g/mol. The van der Waals surface area contributed by atoms with Crippen molar-refractivity contribution >= 4 is 5.82 Å². The highest BCUT2D eigenvalue weighted by Crippen LogP contribution is 2.17. The van der Waals surface area contributed by atoms with Gasteiger partial charge in [0.15, 0.2) is 0 Å². The van der Waals surface area contributed by atoms with E-state index >= 15 is 0 Å². The maximum Gasteiger partial charge on any atom is 0.128 e. The summed E-state index contributed by atoms with van der Waals surface area (Å²) in [7, 11) is 0. The zero-order valence-corrected chi connectivity index (χ0v) is 11.4. The summed E-state index contributed by atoms with van der Waals surface area (Å²) in [4.78, 5) is 14.9. The van der Waals surface area contributed by atoms with Crippen LogP contribution >= 0.6 is 0 Å². The lowest BCUT2D eigenvalue weighted by Crippen LogP contribution is -2.42. The highest BCUT2D eigenvalue weighted by molar-refractivity contribution is 5.38. The molecule has 0 spiro atoms. The van der Waals surface area contributed by atoms with Gasteiger partial charge < -0.3 is 10.2 Å². The van der Waals surface area contributed by atoms with Crippen LogP contribution in [-0.2, 0) is 6.54 Å². The van der Waals surface area contributed by atoms with Gasteiger partial charge in [-0.1, -0.05) is 6.07 Å². The number of nitrogens with zero attached hydrogens (tertiary/aromatic N) is 4. The average Bonchev–Trinajstić information content (AvgIpc) is 2.55. The lowest BCUT2D eigenvalue weighted by atomic mass is 10.0. The van der Waals surface area contributed by atoms with Crippen LogP contribution in [0, 0.1) is 0 Å². The minimum Gasteiger partial charge on any atom is -0.357 e. The van der Waals surface area contributed by atoms with Crippen LogP contribution in [0.15, 0.2) is 43.0 Å². The summed E-state index contributed by atoms with van der Waals surface area (Å²) < 4.78 is 0. The number of nitrogens with one attached hydrogen (secondary N) is 1. The lowest BCUT2D eigenvalue weighted by Gasteiger charge is -2.33. The van der Waals surface area contributed by atoms with Crippen molar-refractivity contribution in [3.05, 3.63) is 48.7 Å². The Labute approximate surface area is 119 Å². The summed E-state index contributed by atoms with van der Waals surface area (Å²) in [5.74, 6) is 1.08. The van der Waals surface area contributed by atoms with Crippen molar-refractivity contribution < 1.29 is 0 Å². The van der Waals surface area contributed by atoms with Crippen LogP contribution < -0.4 is 10.2 Å². The molecule has 0 bridgehead atoms. The largest absolute Gasteiger partial charge is 0.357 e. The molecule has 3 rings (SSSR count). The van der Waals surface area contributed by atoms with E-state index in [1.54, 1.807) is 12.5 Å². The number of anilines is 1. The van der Waals surface area contributed by atoms with E-state index in [9.17, 15) is 0 Å². The molecular formula is C15H19N5. The quantitative estimate of drug-likeness (QED) is 0.914. The van der Waals surface area contributed by atoms with Gasteiger partial charge in [-0.2, -0.15) is 0 Å². The summed E-state index contributed by atoms with van der Waals surface area (Å²) in [6, 6.07) is 8.59. The Morgan fingerprint density at radius 1 is 1.10 bits per heavy atom. The van der Waals surface area contributed by atoms with Crippen molar-refractivity contribution in [2.75, 3.05) is 18.0 Å². The second-order valence-electron chi connectivity index (χ2n) is 5.03. The van der Waals surface area contributed by atoms with E-state index in [1.165, 1.54) is 0 Å². The molecule has 2 aromatic rings. The van der Waals surface area contributed by atoms with Gasteiger partial charge in [0.2, 0.25) is 0 Å². The third kappa shape index (κ3) is 3.30. The molecule has 2 aromatic heterocycles. The van der Waals surface area contributed by atoms with Gasteiger partial charge in [-0.3, -0.25) is 0 Å². The fourth-order valence-electron chi connectivity index (χ4n) is 2.53. The van der Waals surface area contributed by atoms with Gasteiger partial charge in [0, 0.05) is 38.1 Å². The van der Waals surface area contributed by atoms with E-state index in [4.69, 9.17) is 0 Å². The summed E-state index contributed by atoms with van der Waals surface area (Å²) in [5, 5.41) is 3.57. The van der Waals surface area contributed by atoms with E-state index in [2.05, 4.69) is 31.2 Å². The fraction of sp³-hybridized carbons (Fsp3) is 0.400. The molecule has 1 fully saturated rings. The van der Waals surface area contributed by atoms with Gasteiger partial charge in [-0.25, -0.2) is 15.0 Å². The topological polar surface area (TPSA) is 53.9 Å². The van der Waals surface area contributed by atoms with Gasteiger partial charge in [0.05, 0.1) is 5.69 Å². The Balaban J connectivity index is 1.47. The highest BCUT2D eigenvalue weighted by Gasteiger charge is 2.19. The maximum absolute atomic E-state index is 4.41. The zero-order valence-electron chi connectivity index (χ0n) is 11.4. The maximum atomic E-state index is 4.41. The van der Waals surface area contributed by atoms with Crippen molar-refractivity contribution in [3.63, 3.8) is 0 Å². The number of hydrogen-bond donors (Lipinski definition) is 1. The van der Waals surface area contributed by atoms with Crippen molar-refractivity contribution in [1.29, 1.82) is 0 Å². The van der Waals surface area contributed by atoms with E-state index in [0.717, 1.165) is 44.0 Å². The Morgan fingerprint density at radius 3 is 2.70 bits per heavy atom. The van der Waals surface area contributed by atoms with Crippen molar-refractivity contribution in [3.8, 4) is 0 Å². The first-order chi connectivity index (χ1) is 9.92. The predicted molar refractivity (Wildman–Crippen MR) is 78.3 cm³/mol. The first-order valence-corrected chi connectivity index (χ1v) is 7.06. The molecule has 20 heavy (non-hydrogen) atoms. The van der Waals surface area contributed by atoms with Crippen LogP contribution in [-0.4, -0.2) is 34.1 Å². The first-order valence-electron chi connectivity index (χ1n) is 7.06. The number of pyridine rings is 1. The van der Waals surface area contributed by atoms with Crippen LogP contribution in [0.3, 0.4) is 0 Å². The third-order valence-electron chi connectivity index (χ3n) is 3.68. The molecule has 104 valence electrons. The molecule has 0 radical (unpaired) electrons. The zero-order chi connectivity index (χ0) is 13.6. The Morgan fingerprint density at radius 2 is 2.00 bits per heavy atom. The van der Waals surface area contributed by atoms with E-state index in [0.29, 0.717) is 6.04 Å². The van der Waals surface area contributed by atoms with Gasteiger partial charge >= 0.3 is 0 Å². The molecule has 0 amide bonds. The monoisotopic (exact) mass is 269 g/mol. The molecule has 5 nitrogen and oxygen atoms in total. The molecule has 0 aromatic carbocycles. The van der Waals surface area contributed by atoms with E-state index in [1.807, 2.05) is 24.4 Å². The molecule has 3 heterocycles. The predicted octanol–water partition coefficient (Wildman–Crippen LogP) is 1.63. The first kappa shape index (κ1) is 13.0. The molecule has 0 atom stereocenters. The summed E-state index contributed by atoms with van der Waals surface area (Å²) in [5.41, 5.74) is 1.05. The Hall–Kier alpha value is -2.01. The van der Waals surface area contributed by atoms with Crippen molar-refractivity contribution in [2.24, 2.45) is 0 Å². The van der Waals surface area contributed by atoms with Gasteiger partial charge in [0.25, 0.3) is 0 Å². The highest BCUT2D eigenvalue weighted by atomic mass is 15.2. The minimum absolute atomic E-state index is 0.560. The molecule has 1 aliphatic rings. The van der Waals surface area contributed by atoms with E-state index in [-0.39, 0.29) is 0 Å². The van der Waals surface area contributed by atoms with Gasteiger partial charge in [0.1, 0.15) is 12.1 Å². The fourth-order valence-corrected chi connectivity index (χ4v) is 2.53. The Bertz CT molecular complexity index is 508. The van der Waals surface area contributed by atoms with Crippen LogP contribution in [0.25, 0.3) is 0 Å². The molecule has 0 aliphatic carbocycles. The SMILES string of the molecule is c1ccc(N2CCC(NCc3ccncn3)CC2)nc1. The molecule has 1 saturated heterocycles. The summed E-state index contributed by atoms with van der Waals surface area (Å²) >= 11 is 0. The van der Waals surface area contributed by atoms with Crippen LogP contribution in [0.5, 0.6) is 0 Å². The smallest absolute Gasteiger partial charge is 0.128 e. The van der Waals surface area contributed by atoms with Gasteiger partial charge in [-0.05, 0) is 31.0 Å². The van der Waals surface area contributed by atoms with Crippen LogP contribution in [0.4, 0.5) is 5.82 Å². The second-order valence-corrected chi connectivity index (χ2v) is 5.03. The van der Waals surface area contributed by atoms with Gasteiger partial charge in [-0.15, -0.1) is 0 Å². The van der Waals surface area contributed by atoms with Crippen LogP contribution in [0.2, 0.25) is 0 Å². The normalized spacial score (nSPS) is 16.3. The average molecular weight is 269 g/mol. The number of aromatic nitrogens is 3. The number of piperidine rings is 1. The standard InChI is InChI=1S/C15H19N5/c1-2-7-17-15(3-1)20-9-5-13(6-10-20)18-11-14-4-8-16-12-19-14/h1-4,7-8,12-13,18H,5-6,9-11H2. The summed E-state index contributed by atoms with van der Waals surface area (Å²) in [6.45, 7) is 2.92. The third-order valence-corrected chi connectivity index (χ3v) is 3.68. The number of hydrogen-bond acceptors (Lipinski definition) is 5. The van der Waals surface area contributed by atoms with Crippen molar-refractivity contribution in [2.45, 2.75) is 25.4 Å². The number of rotatable bonds is 4. The molecule has 0 unspecified atom stereocenters. The summed E-state index contributed by atoms with van der Waals surface area (Å²) in [6.07, 6.45) is 7.52. The molecule has 1 N–H and O–H groups in total. The van der Waals surface area contributed by atoms with Crippen molar-refractivity contribution in [1.82, 2.24) is 20.3 Å². The minimum atomic E-state index is 0.560. The lowest BCUT2D eigenvalue weighted by molar-refractivity contribution is 0.410. The molecule has 0 saturated carbocycles. The van der Waals surface area contributed by atoms with E-state index < -0.39 is 0 Å².